The number of anilines is 2. The van der Waals surface area contributed by atoms with Gasteiger partial charge in [-0.1, -0.05) is 0 Å². The van der Waals surface area contributed by atoms with Gasteiger partial charge in [-0.2, -0.15) is 31.4 Å². The second-order valence-corrected chi connectivity index (χ2v) is 7.92. The molecule has 4 heterocycles. The molecule has 0 atom stereocenters. The molecular formula is C20H23F6N7O2. The number of rotatable bonds is 2. The van der Waals surface area contributed by atoms with E-state index in [1.165, 1.54) is 6.92 Å². The molecule has 2 aliphatic heterocycles. The minimum Gasteiger partial charge on any atom is -0.355 e. The van der Waals surface area contributed by atoms with Crippen LogP contribution in [0.5, 0.6) is 0 Å². The molecule has 0 spiro atoms. The van der Waals surface area contributed by atoms with Gasteiger partial charge in [0, 0.05) is 64.7 Å². The van der Waals surface area contributed by atoms with Crippen LogP contribution in [0.25, 0.3) is 0 Å². The summed E-state index contributed by atoms with van der Waals surface area (Å²) in [4.78, 5) is 34.8. The standard InChI is InChI=1S/C11H13F3N4O.C9H10F3N3O/c1-8(19)17-2-4-18(5-3-17)10-15-6-9(7-16-10)11(12,13)14;10-9(11,12)6-5-7(13-14-8(6)16)15-3-1-2-4-15/h6-7H,2-5H2,1H3;5H,1-4H2,(H,14,16). The van der Waals surface area contributed by atoms with Gasteiger partial charge in [0.15, 0.2) is 0 Å². The van der Waals surface area contributed by atoms with Crippen molar-refractivity contribution >= 4 is 17.7 Å². The van der Waals surface area contributed by atoms with E-state index < -0.39 is 29.0 Å². The van der Waals surface area contributed by atoms with Crippen molar-refractivity contribution in [2.75, 3.05) is 49.1 Å². The number of piperazine rings is 1. The van der Waals surface area contributed by atoms with Gasteiger partial charge in [0.25, 0.3) is 5.56 Å². The van der Waals surface area contributed by atoms with Crippen LogP contribution in [0.15, 0.2) is 23.3 Å². The summed E-state index contributed by atoms with van der Waals surface area (Å²) in [6, 6.07) is 0.810. The van der Waals surface area contributed by atoms with Crippen LogP contribution in [0.3, 0.4) is 0 Å². The van der Waals surface area contributed by atoms with E-state index in [4.69, 9.17) is 0 Å². The second-order valence-electron chi connectivity index (χ2n) is 7.92. The third-order valence-electron chi connectivity index (χ3n) is 5.50. The van der Waals surface area contributed by atoms with Crippen molar-refractivity contribution in [3.63, 3.8) is 0 Å². The van der Waals surface area contributed by atoms with Gasteiger partial charge < -0.3 is 14.7 Å². The molecule has 1 N–H and O–H groups in total. The van der Waals surface area contributed by atoms with E-state index in [0.29, 0.717) is 39.3 Å². The van der Waals surface area contributed by atoms with Crippen LogP contribution in [0.2, 0.25) is 0 Å². The Morgan fingerprint density at radius 2 is 1.46 bits per heavy atom. The molecule has 9 nitrogen and oxygen atoms in total. The molecule has 0 unspecified atom stereocenters. The summed E-state index contributed by atoms with van der Waals surface area (Å²) in [5.74, 6) is 0.439. The number of carbonyl (C=O) groups is 1. The first kappa shape index (κ1) is 26.2. The first-order valence-corrected chi connectivity index (χ1v) is 10.7. The zero-order chi connectivity index (χ0) is 25.8. The van der Waals surface area contributed by atoms with Gasteiger partial charge in [-0.05, 0) is 12.8 Å². The Balaban J connectivity index is 0.000000198. The third kappa shape index (κ3) is 6.82. The zero-order valence-electron chi connectivity index (χ0n) is 18.7. The molecular weight excluding hydrogens is 484 g/mol. The van der Waals surface area contributed by atoms with Crippen LogP contribution in [-0.2, 0) is 17.1 Å². The summed E-state index contributed by atoms with van der Waals surface area (Å²) < 4.78 is 74.4. The summed E-state index contributed by atoms with van der Waals surface area (Å²) in [5, 5.41) is 5.51. The Morgan fingerprint density at radius 1 is 0.886 bits per heavy atom. The molecule has 2 aliphatic rings. The van der Waals surface area contributed by atoms with Crippen molar-refractivity contribution in [2.24, 2.45) is 0 Å². The Morgan fingerprint density at radius 3 is 1.94 bits per heavy atom. The van der Waals surface area contributed by atoms with Crippen molar-refractivity contribution in [3.8, 4) is 0 Å². The summed E-state index contributed by atoms with van der Waals surface area (Å²) in [6.07, 6.45) is -5.64. The van der Waals surface area contributed by atoms with Gasteiger partial charge in [-0.3, -0.25) is 9.59 Å². The fourth-order valence-corrected chi connectivity index (χ4v) is 3.57. The number of hydrogen-bond acceptors (Lipinski definition) is 7. The maximum absolute atomic E-state index is 12.4. The van der Waals surface area contributed by atoms with Crippen LogP contribution in [0.4, 0.5) is 38.1 Å². The van der Waals surface area contributed by atoms with E-state index in [0.717, 1.165) is 31.3 Å². The highest BCUT2D eigenvalue weighted by Gasteiger charge is 2.35. The summed E-state index contributed by atoms with van der Waals surface area (Å²) in [6.45, 7) is 4.94. The Bertz CT molecular complexity index is 1060. The summed E-state index contributed by atoms with van der Waals surface area (Å²) in [7, 11) is 0. The topological polar surface area (TPSA) is 98.3 Å². The molecule has 0 radical (unpaired) electrons. The predicted molar refractivity (Wildman–Crippen MR) is 113 cm³/mol. The fraction of sp³-hybridized carbons (Fsp3) is 0.550. The van der Waals surface area contributed by atoms with Crippen LogP contribution in [0, 0.1) is 0 Å². The highest BCUT2D eigenvalue weighted by Crippen LogP contribution is 2.29. The van der Waals surface area contributed by atoms with Gasteiger partial charge in [0.05, 0.1) is 5.56 Å². The van der Waals surface area contributed by atoms with E-state index in [2.05, 4.69) is 15.1 Å². The van der Waals surface area contributed by atoms with Crippen molar-refractivity contribution in [1.29, 1.82) is 0 Å². The number of nitrogens with zero attached hydrogens (tertiary/aromatic N) is 6. The van der Waals surface area contributed by atoms with E-state index >= 15 is 0 Å². The monoisotopic (exact) mass is 507 g/mol. The molecule has 192 valence electrons. The number of carbonyl (C=O) groups excluding carboxylic acids is 1. The molecule has 35 heavy (non-hydrogen) atoms. The van der Waals surface area contributed by atoms with E-state index in [1.54, 1.807) is 14.7 Å². The molecule has 0 aromatic carbocycles. The quantitative estimate of drug-likeness (QED) is 0.624. The summed E-state index contributed by atoms with van der Waals surface area (Å²) in [5.41, 5.74) is -3.25. The van der Waals surface area contributed by atoms with Gasteiger partial charge in [-0.25, -0.2) is 15.1 Å². The van der Waals surface area contributed by atoms with E-state index in [9.17, 15) is 35.9 Å². The molecule has 0 saturated carbocycles. The molecule has 15 heteroatoms. The minimum absolute atomic E-state index is 0.00649. The van der Waals surface area contributed by atoms with Crippen LogP contribution in [-0.4, -0.2) is 70.2 Å². The fourth-order valence-electron chi connectivity index (χ4n) is 3.57. The number of halogens is 6. The number of aromatic nitrogens is 4. The van der Waals surface area contributed by atoms with Crippen molar-refractivity contribution in [2.45, 2.75) is 32.1 Å². The van der Waals surface area contributed by atoms with Crippen LogP contribution >= 0.6 is 0 Å². The lowest BCUT2D eigenvalue weighted by molar-refractivity contribution is -0.139. The molecule has 1 amide bonds. The molecule has 4 rings (SSSR count). The van der Waals surface area contributed by atoms with Crippen molar-refractivity contribution in [1.82, 2.24) is 25.1 Å². The maximum Gasteiger partial charge on any atom is 0.421 e. The molecule has 2 aromatic heterocycles. The first-order valence-electron chi connectivity index (χ1n) is 10.7. The zero-order valence-corrected chi connectivity index (χ0v) is 18.7. The van der Waals surface area contributed by atoms with Gasteiger partial charge >= 0.3 is 12.4 Å². The molecule has 0 aliphatic carbocycles. The Hall–Kier alpha value is -3.39. The molecule has 2 saturated heterocycles. The van der Waals surface area contributed by atoms with Gasteiger partial charge in [0.1, 0.15) is 11.4 Å². The smallest absolute Gasteiger partial charge is 0.355 e. The minimum atomic E-state index is -4.63. The lowest BCUT2D eigenvalue weighted by Gasteiger charge is -2.34. The Labute approximate surface area is 195 Å². The molecule has 2 fully saturated rings. The van der Waals surface area contributed by atoms with Crippen molar-refractivity contribution < 1.29 is 31.1 Å². The largest absolute Gasteiger partial charge is 0.421 e. The number of amides is 1. The lowest BCUT2D eigenvalue weighted by Crippen LogP contribution is -2.48. The van der Waals surface area contributed by atoms with Gasteiger partial charge in [-0.15, -0.1) is 0 Å². The highest BCUT2D eigenvalue weighted by atomic mass is 19.4. The summed E-state index contributed by atoms with van der Waals surface area (Å²) >= 11 is 0. The van der Waals surface area contributed by atoms with Crippen LogP contribution in [0.1, 0.15) is 30.9 Å². The van der Waals surface area contributed by atoms with Crippen LogP contribution < -0.4 is 15.4 Å². The SMILES string of the molecule is CC(=O)N1CCN(c2ncc(C(F)(F)F)cn2)CC1.O=c1[nH]nc(N2CCCC2)cc1C(F)(F)F. The maximum atomic E-state index is 12.4. The second kappa shape index (κ2) is 10.5. The highest BCUT2D eigenvalue weighted by molar-refractivity contribution is 5.73. The first-order chi connectivity index (χ1) is 16.4. The molecule has 2 aromatic rings. The van der Waals surface area contributed by atoms with Crippen molar-refractivity contribution in [3.05, 3.63) is 39.9 Å². The predicted octanol–water partition coefficient (Wildman–Crippen LogP) is 2.55. The van der Waals surface area contributed by atoms with E-state index in [-0.39, 0.29) is 17.7 Å². The van der Waals surface area contributed by atoms with E-state index in [1.807, 2.05) is 5.10 Å². The number of nitrogens with one attached hydrogen (secondary N) is 1. The average molecular weight is 507 g/mol. The normalized spacial score (nSPS) is 16.7. The van der Waals surface area contributed by atoms with Gasteiger partial charge in [0.2, 0.25) is 11.9 Å². The number of hydrogen-bond donors (Lipinski definition) is 1. The number of alkyl halides is 6. The molecule has 0 bridgehead atoms. The third-order valence-corrected chi connectivity index (χ3v) is 5.50. The Kier molecular flexibility index (Phi) is 7.85. The average Bonchev–Trinajstić information content (AvgIpc) is 3.34. The number of H-pyrrole nitrogens is 1. The lowest BCUT2D eigenvalue weighted by atomic mass is 10.3. The number of aromatic amines is 1.